The summed E-state index contributed by atoms with van der Waals surface area (Å²) in [7, 11) is 5.98. The molecule has 8 nitrogen and oxygen atoms in total. The number of ether oxygens (including phenoxy) is 1. The first-order valence-electron chi connectivity index (χ1n) is 11.0. The van der Waals surface area contributed by atoms with E-state index in [0.717, 1.165) is 47.3 Å². The van der Waals surface area contributed by atoms with Crippen molar-refractivity contribution in [3.63, 3.8) is 0 Å². The summed E-state index contributed by atoms with van der Waals surface area (Å²) in [5.74, 6) is 0.100. The van der Waals surface area contributed by atoms with E-state index >= 15 is 0 Å². The standard InChI is InChI=1S/C21H20BFN6O2.C2H6/c1-13-18-11-27(22)6-7-28(18)26-21(13)14-8-20(17-4-5-25-29(17)10-14)31-12-19(30)16-3-2-15(23)9-24-16;1-2/h2-5,8-10,19,30H,6-7,11-12H2,1H3;1-2H3. The third-order valence-corrected chi connectivity index (χ3v) is 5.50. The highest BCUT2D eigenvalue weighted by Gasteiger charge is 2.22. The number of nitrogens with zero attached hydrogens (tertiary/aromatic N) is 6. The number of rotatable bonds is 5. The number of pyridine rings is 2. The molecular formula is C23H26BFN6O2. The molecule has 0 amide bonds. The maximum Gasteiger partial charge on any atom is 0.183 e. The van der Waals surface area contributed by atoms with Crippen LogP contribution >= 0.6 is 0 Å². The van der Waals surface area contributed by atoms with Crippen molar-refractivity contribution in [2.24, 2.45) is 0 Å². The first kappa shape index (κ1) is 22.9. The molecule has 1 aliphatic rings. The first-order valence-corrected chi connectivity index (χ1v) is 11.0. The molecule has 0 fully saturated rings. The van der Waals surface area contributed by atoms with Gasteiger partial charge >= 0.3 is 0 Å². The van der Waals surface area contributed by atoms with Crippen LogP contribution in [-0.4, -0.2) is 55.4 Å². The summed E-state index contributed by atoms with van der Waals surface area (Å²) in [4.78, 5) is 5.69. The molecule has 1 N–H and O–H groups in total. The average molecular weight is 448 g/mol. The molecule has 0 aromatic carbocycles. The fourth-order valence-electron chi connectivity index (χ4n) is 3.82. The highest BCUT2D eigenvalue weighted by atomic mass is 19.1. The van der Waals surface area contributed by atoms with Crippen molar-refractivity contribution in [1.82, 2.24) is 29.2 Å². The Kier molecular flexibility index (Phi) is 6.76. The molecule has 0 bridgehead atoms. The Morgan fingerprint density at radius 2 is 2.06 bits per heavy atom. The predicted octanol–water partition coefficient (Wildman–Crippen LogP) is 3.08. The van der Waals surface area contributed by atoms with Crippen molar-refractivity contribution in [3.05, 3.63) is 65.6 Å². The minimum absolute atomic E-state index is 0.0380. The number of fused-ring (bicyclic) bond motifs is 2. The largest absolute Gasteiger partial charge is 0.488 e. The topological polar surface area (TPSA) is 80.7 Å². The van der Waals surface area contributed by atoms with Gasteiger partial charge in [-0.3, -0.25) is 9.67 Å². The third-order valence-electron chi connectivity index (χ3n) is 5.50. The Hall–Kier alpha value is -3.24. The van der Waals surface area contributed by atoms with E-state index in [1.165, 1.54) is 12.1 Å². The molecule has 1 aliphatic heterocycles. The van der Waals surface area contributed by atoms with E-state index in [1.807, 2.05) is 43.8 Å². The second-order valence-corrected chi connectivity index (χ2v) is 7.60. The SMILES string of the molecule is CC.[B]N1CCn2nc(-c3cc(OCC(O)c4ccc(F)cn4)c4ccnn4c3)c(C)c2C1. The van der Waals surface area contributed by atoms with Crippen molar-refractivity contribution in [1.29, 1.82) is 0 Å². The Balaban J connectivity index is 0.00000126. The quantitative estimate of drug-likeness (QED) is 0.473. The summed E-state index contributed by atoms with van der Waals surface area (Å²) in [6.45, 7) is 8.12. The molecule has 170 valence electrons. The van der Waals surface area contributed by atoms with E-state index in [1.54, 1.807) is 15.5 Å². The van der Waals surface area contributed by atoms with Gasteiger partial charge in [-0.15, -0.1) is 0 Å². The Morgan fingerprint density at radius 1 is 1.24 bits per heavy atom. The van der Waals surface area contributed by atoms with Gasteiger partial charge in [0.2, 0.25) is 0 Å². The van der Waals surface area contributed by atoms with Gasteiger partial charge in [0.25, 0.3) is 0 Å². The average Bonchev–Trinajstić information content (AvgIpc) is 3.43. The maximum absolute atomic E-state index is 13.1. The second kappa shape index (κ2) is 9.72. The van der Waals surface area contributed by atoms with Gasteiger partial charge in [0.05, 0.1) is 36.0 Å². The number of hydrogen-bond acceptors (Lipinski definition) is 6. The fraction of sp³-hybridized carbons (Fsp3) is 0.348. The third kappa shape index (κ3) is 4.62. The molecule has 0 saturated heterocycles. The van der Waals surface area contributed by atoms with Crippen molar-refractivity contribution in [2.75, 3.05) is 13.2 Å². The lowest BCUT2D eigenvalue weighted by Crippen LogP contribution is -2.32. The molecule has 5 rings (SSSR count). The minimum Gasteiger partial charge on any atom is -0.488 e. The van der Waals surface area contributed by atoms with E-state index in [9.17, 15) is 9.50 Å². The smallest absolute Gasteiger partial charge is 0.183 e. The summed E-state index contributed by atoms with van der Waals surface area (Å²) in [5.41, 5.74) is 4.94. The van der Waals surface area contributed by atoms with E-state index in [-0.39, 0.29) is 6.61 Å². The van der Waals surface area contributed by atoms with Crippen LogP contribution in [0.2, 0.25) is 0 Å². The molecule has 1 atom stereocenters. The summed E-state index contributed by atoms with van der Waals surface area (Å²) in [5, 5.41) is 19.5. The van der Waals surface area contributed by atoms with Crippen LogP contribution in [-0.2, 0) is 13.1 Å². The molecule has 33 heavy (non-hydrogen) atoms. The minimum atomic E-state index is -0.996. The van der Waals surface area contributed by atoms with Crippen LogP contribution in [0.1, 0.15) is 36.9 Å². The zero-order valence-corrected chi connectivity index (χ0v) is 18.9. The van der Waals surface area contributed by atoms with Crippen molar-refractivity contribution in [3.8, 4) is 17.0 Å². The van der Waals surface area contributed by atoms with Gasteiger partial charge in [-0.05, 0) is 36.8 Å². The van der Waals surface area contributed by atoms with Crippen molar-refractivity contribution < 1.29 is 14.2 Å². The molecule has 0 spiro atoms. The highest BCUT2D eigenvalue weighted by Crippen LogP contribution is 2.32. The fourth-order valence-corrected chi connectivity index (χ4v) is 3.82. The summed E-state index contributed by atoms with van der Waals surface area (Å²) in [6.07, 6.45) is 3.66. The number of hydrogen-bond donors (Lipinski definition) is 1. The van der Waals surface area contributed by atoms with E-state index < -0.39 is 11.9 Å². The van der Waals surface area contributed by atoms with Crippen LogP contribution in [0.25, 0.3) is 16.8 Å². The van der Waals surface area contributed by atoms with Gasteiger partial charge in [0, 0.05) is 24.8 Å². The van der Waals surface area contributed by atoms with Crippen LogP contribution < -0.4 is 4.74 Å². The van der Waals surface area contributed by atoms with Gasteiger partial charge in [0.15, 0.2) is 7.98 Å². The normalized spacial score (nSPS) is 14.5. The summed E-state index contributed by atoms with van der Waals surface area (Å²) >= 11 is 0. The lowest BCUT2D eigenvalue weighted by Gasteiger charge is -2.24. The lowest BCUT2D eigenvalue weighted by molar-refractivity contribution is 0.105. The molecule has 0 aliphatic carbocycles. The Morgan fingerprint density at radius 3 is 2.82 bits per heavy atom. The number of aromatic nitrogens is 5. The van der Waals surface area contributed by atoms with Crippen LogP contribution in [0.15, 0.2) is 42.9 Å². The van der Waals surface area contributed by atoms with Crippen molar-refractivity contribution >= 4 is 13.5 Å². The Bertz CT molecular complexity index is 1240. The van der Waals surface area contributed by atoms with Crippen LogP contribution in [0.4, 0.5) is 4.39 Å². The molecule has 10 heteroatoms. The zero-order chi connectivity index (χ0) is 23.5. The van der Waals surface area contributed by atoms with Gasteiger partial charge in [-0.1, -0.05) is 13.8 Å². The second-order valence-electron chi connectivity index (χ2n) is 7.60. The van der Waals surface area contributed by atoms with E-state index in [2.05, 4.69) is 10.1 Å². The number of halogens is 1. The van der Waals surface area contributed by atoms with Gasteiger partial charge < -0.3 is 14.7 Å². The van der Waals surface area contributed by atoms with E-state index in [0.29, 0.717) is 18.0 Å². The zero-order valence-electron chi connectivity index (χ0n) is 18.9. The lowest BCUT2D eigenvalue weighted by atomic mass is 10.1. The molecule has 5 heterocycles. The number of aliphatic hydroxyl groups is 1. The van der Waals surface area contributed by atoms with E-state index in [4.69, 9.17) is 17.8 Å². The first-order chi connectivity index (χ1) is 16.0. The molecule has 4 aromatic heterocycles. The molecule has 0 saturated carbocycles. The molecular weight excluding hydrogens is 422 g/mol. The van der Waals surface area contributed by atoms with Crippen LogP contribution in [0.3, 0.4) is 0 Å². The number of aliphatic hydroxyl groups excluding tert-OH is 1. The maximum atomic E-state index is 13.1. The Labute approximate surface area is 193 Å². The van der Waals surface area contributed by atoms with Gasteiger partial charge in [0.1, 0.15) is 29.8 Å². The summed E-state index contributed by atoms with van der Waals surface area (Å²) < 4.78 is 22.7. The van der Waals surface area contributed by atoms with Gasteiger partial charge in [-0.2, -0.15) is 10.2 Å². The summed E-state index contributed by atoms with van der Waals surface area (Å²) in [6, 6.07) is 6.42. The van der Waals surface area contributed by atoms with Crippen LogP contribution in [0.5, 0.6) is 5.75 Å². The van der Waals surface area contributed by atoms with Crippen molar-refractivity contribution in [2.45, 2.75) is 40.0 Å². The monoisotopic (exact) mass is 448 g/mol. The highest BCUT2D eigenvalue weighted by molar-refractivity contribution is 6.04. The molecule has 4 aromatic rings. The van der Waals surface area contributed by atoms with Crippen LogP contribution in [0, 0.1) is 12.7 Å². The molecule has 2 radical (unpaired) electrons. The van der Waals surface area contributed by atoms with Gasteiger partial charge in [-0.25, -0.2) is 8.91 Å². The molecule has 1 unspecified atom stereocenters. The predicted molar refractivity (Wildman–Crippen MR) is 123 cm³/mol.